The summed E-state index contributed by atoms with van der Waals surface area (Å²) in [4.78, 5) is 11.7. The Labute approximate surface area is 112 Å². The molecule has 0 aliphatic heterocycles. The van der Waals surface area contributed by atoms with Gasteiger partial charge in [-0.25, -0.2) is 9.36 Å². The SMILES string of the molecule is CCCOC(C(=O)OCC)[n+]1ccn(C)c1.[Br-]. The summed E-state index contributed by atoms with van der Waals surface area (Å²) in [6.45, 7) is 4.67. The lowest BCUT2D eigenvalue weighted by Gasteiger charge is -2.12. The standard InChI is InChI=1S/C11H19N2O3.BrH/c1-4-8-16-10(11(14)15-5-2)13-7-6-12(3)9-13;/h6-7,9-10H,4-5,8H2,1-3H3;1H/q+1;/p-1. The van der Waals surface area contributed by atoms with E-state index in [9.17, 15) is 4.79 Å². The van der Waals surface area contributed by atoms with Crippen molar-refractivity contribution in [2.45, 2.75) is 26.5 Å². The number of ether oxygens (including phenoxy) is 2. The molecule has 1 atom stereocenters. The summed E-state index contributed by atoms with van der Waals surface area (Å²) in [6.07, 6.45) is 5.61. The Morgan fingerprint density at radius 2 is 2.18 bits per heavy atom. The first-order valence-electron chi connectivity index (χ1n) is 5.50. The number of aryl methyl sites for hydroxylation is 1. The Balaban J connectivity index is 0.00000256. The van der Waals surface area contributed by atoms with Gasteiger partial charge < -0.3 is 26.5 Å². The molecule has 6 heteroatoms. The van der Waals surface area contributed by atoms with E-state index in [1.807, 2.05) is 24.7 Å². The van der Waals surface area contributed by atoms with Crippen molar-refractivity contribution < 1.29 is 35.8 Å². The van der Waals surface area contributed by atoms with Crippen LogP contribution in [0.1, 0.15) is 26.5 Å². The maximum atomic E-state index is 11.7. The first kappa shape index (κ1) is 16.1. The third kappa shape index (κ3) is 4.87. The monoisotopic (exact) mass is 306 g/mol. The molecule has 1 rings (SSSR count). The number of rotatable bonds is 6. The van der Waals surface area contributed by atoms with Crippen LogP contribution in [0.15, 0.2) is 18.7 Å². The first-order chi connectivity index (χ1) is 7.69. The average molecular weight is 307 g/mol. The largest absolute Gasteiger partial charge is 1.00 e. The average Bonchev–Trinajstić information content (AvgIpc) is 2.66. The van der Waals surface area contributed by atoms with E-state index in [2.05, 4.69) is 0 Å². The van der Waals surface area contributed by atoms with Crippen molar-refractivity contribution >= 4 is 5.97 Å². The minimum atomic E-state index is -0.680. The molecule has 0 saturated heterocycles. The number of carbonyl (C=O) groups is 1. The predicted octanol–water partition coefficient (Wildman–Crippen LogP) is -2.20. The van der Waals surface area contributed by atoms with Crippen molar-refractivity contribution in [1.82, 2.24) is 4.57 Å². The summed E-state index contributed by atoms with van der Waals surface area (Å²) >= 11 is 0. The molecule has 98 valence electrons. The second kappa shape index (κ2) is 8.25. The van der Waals surface area contributed by atoms with Crippen LogP contribution in [-0.2, 0) is 21.3 Å². The molecule has 17 heavy (non-hydrogen) atoms. The predicted molar refractivity (Wildman–Crippen MR) is 57.5 cm³/mol. The third-order valence-electron chi connectivity index (χ3n) is 2.03. The molecular formula is C11H19BrN2O3. The maximum absolute atomic E-state index is 11.7. The molecule has 0 amide bonds. The minimum absolute atomic E-state index is 0. The van der Waals surface area contributed by atoms with E-state index in [1.54, 1.807) is 24.0 Å². The molecule has 0 aliphatic rings. The number of aromatic nitrogens is 2. The number of hydrogen-bond acceptors (Lipinski definition) is 3. The van der Waals surface area contributed by atoms with E-state index in [-0.39, 0.29) is 23.0 Å². The summed E-state index contributed by atoms with van der Waals surface area (Å²) in [7, 11) is 1.89. The maximum Gasteiger partial charge on any atom is 0.381 e. The van der Waals surface area contributed by atoms with Gasteiger partial charge in [0.2, 0.25) is 6.33 Å². The number of halogens is 1. The first-order valence-corrected chi connectivity index (χ1v) is 5.50. The van der Waals surface area contributed by atoms with E-state index >= 15 is 0 Å². The Bertz CT molecular complexity index is 341. The highest BCUT2D eigenvalue weighted by Crippen LogP contribution is 2.03. The van der Waals surface area contributed by atoms with E-state index in [0.29, 0.717) is 13.2 Å². The molecule has 0 radical (unpaired) electrons. The van der Waals surface area contributed by atoms with Gasteiger partial charge in [0.25, 0.3) is 0 Å². The van der Waals surface area contributed by atoms with Gasteiger partial charge >= 0.3 is 12.2 Å². The van der Waals surface area contributed by atoms with Crippen molar-refractivity contribution in [3.05, 3.63) is 18.7 Å². The number of esters is 1. The van der Waals surface area contributed by atoms with Crippen LogP contribution in [0.4, 0.5) is 0 Å². The summed E-state index contributed by atoms with van der Waals surface area (Å²) < 4.78 is 14.0. The smallest absolute Gasteiger partial charge is 0.381 e. The molecule has 0 bridgehead atoms. The van der Waals surface area contributed by atoms with Crippen LogP contribution < -0.4 is 21.5 Å². The molecule has 1 aromatic heterocycles. The van der Waals surface area contributed by atoms with Gasteiger partial charge in [0, 0.05) is 0 Å². The molecule has 0 spiro atoms. The van der Waals surface area contributed by atoms with Gasteiger partial charge in [-0.15, -0.1) is 0 Å². The normalized spacial score (nSPS) is 11.7. The summed E-state index contributed by atoms with van der Waals surface area (Å²) in [5, 5.41) is 0. The Morgan fingerprint density at radius 1 is 1.47 bits per heavy atom. The fraction of sp³-hybridized carbons (Fsp3) is 0.636. The highest BCUT2D eigenvalue weighted by molar-refractivity contribution is 5.70. The second-order valence-electron chi connectivity index (χ2n) is 3.50. The van der Waals surface area contributed by atoms with Crippen LogP contribution in [-0.4, -0.2) is 23.8 Å². The Morgan fingerprint density at radius 3 is 2.65 bits per heavy atom. The van der Waals surface area contributed by atoms with Crippen molar-refractivity contribution in [2.75, 3.05) is 13.2 Å². The topological polar surface area (TPSA) is 44.3 Å². The van der Waals surface area contributed by atoms with Crippen LogP contribution in [0, 0.1) is 0 Å². The van der Waals surface area contributed by atoms with Gasteiger partial charge in [-0.2, -0.15) is 4.57 Å². The molecule has 0 aromatic carbocycles. The second-order valence-corrected chi connectivity index (χ2v) is 3.50. The Kier molecular flexibility index (Phi) is 7.82. The lowest BCUT2D eigenvalue weighted by atomic mass is 10.5. The molecule has 1 aromatic rings. The molecule has 0 saturated carbocycles. The van der Waals surface area contributed by atoms with E-state index < -0.39 is 6.23 Å². The Hall–Kier alpha value is -0.880. The summed E-state index contributed by atoms with van der Waals surface area (Å²) in [5.41, 5.74) is 0. The zero-order valence-electron chi connectivity index (χ0n) is 10.4. The van der Waals surface area contributed by atoms with Gasteiger partial charge in [-0.3, -0.25) is 0 Å². The quantitative estimate of drug-likeness (QED) is 0.443. The zero-order chi connectivity index (χ0) is 12.0. The zero-order valence-corrected chi connectivity index (χ0v) is 12.0. The van der Waals surface area contributed by atoms with Crippen LogP contribution in [0.3, 0.4) is 0 Å². The number of hydrogen-bond donors (Lipinski definition) is 0. The van der Waals surface area contributed by atoms with Gasteiger partial charge in [0.05, 0.1) is 20.3 Å². The highest BCUT2D eigenvalue weighted by atomic mass is 79.9. The number of imidazole rings is 1. The van der Waals surface area contributed by atoms with Crippen LogP contribution in [0.2, 0.25) is 0 Å². The number of nitrogens with zero attached hydrogens (tertiary/aromatic N) is 2. The fourth-order valence-electron chi connectivity index (χ4n) is 1.33. The molecular weight excluding hydrogens is 288 g/mol. The molecule has 0 aliphatic carbocycles. The van der Waals surface area contributed by atoms with E-state index in [0.717, 1.165) is 6.42 Å². The minimum Gasteiger partial charge on any atom is -1.00 e. The summed E-state index contributed by atoms with van der Waals surface area (Å²) in [5.74, 6) is -0.354. The van der Waals surface area contributed by atoms with Gasteiger partial charge in [0.15, 0.2) is 0 Å². The summed E-state index contributed by atoms with van der Waals surface area (Å²) in [6, 6.07) is 0. The van der Waals surface area contributed by atoms with Gasteiger partial charge in [-0.1, -0.05) is 6.92 Å². The van der Waals surface area contributed by atoms with E-state index in [1.165, 1.54) is 0 Å². The van der Waals surface area contributed by atoms with Crippen molar-refractivity contribution in [3.8, 4) is 0 Å². The van der Waals surface area contributed by atoms with Gasteiger partial charge in [0.1, 0.15) is 12.4 Å². The van der Waals surface area contributed by atoms with Crippen molar-refractivity contribution in [1.29, 1.82) is 0 Å². The highest BCUT2D eigenvalue weighted by Gasteiger charge is 2.27. The number of carbonyl (C=O) groups excluding carboxylic acids is 1. The van der Waals surface area contributed by atoms with Crippen molar-refractivity contribution in [3.63, 3.8) is 0 Å². The molecule has 5 nitrogen and oxygen atoms in total. The lowest BCUT2D eigenvalue weighted by molar-refractivity contribution is -0.748. The third-order valence-corrected chi connectivity index (χ3v) is 2.03. The molecule has 0 fully saturated rings. The van der Waals surface area contributed by atoms with Crippen molar-refractivity contribution in [2.24, 2.45) is 7.05 Å². The lowest BCUT2D eigenvalue weighted by Crippen LogP contribution is -3.00. The van der Waals surface area contributed by atoms with Gasteiger partial charge in [-0.05, 0) is 13.3 Å². The van der Waals surface area contributed by atoms with Crippen LogP contribution in [0.5, 0.6) is 0 Å². The molecule has 0 N–H and O–H groups in total. The molecule has 1 heterocycles. The molecule has 1 unspecified atom stereocenters. The fourth-order valence-corrected chi connectivity index (χ4v) is 1.33. The van der Waals surface area contributed by atoms with Crippen LogP contribution in [0.25, 0.3) is 0 Å². The van der Waals surface area contributed by atoms with E-state index in [4.69, 9.17) is 9.47 Å². The van der Waals surface area contributed by atoms with Crippen LogP contribution >= 0.6 is 0 Å².